The molecule has 7 aromatic rings. The van der Waals surface area contributed by atoms with Gasteiger partial charge in [0.1, 0.15) is 11.2 Å². The van der Waals surface area contributed by atoms with Crippen molar-refractivity contribution in [2.24, 2.45) is 0 Å². The van der Waals surface area contributed by atoms with Gasteiger partial charge in [0, 0.05) is 17.1 Å². The van der Waals surface area contributed by atoms with Crippen LogP contribution in [0, 0.1) is 0 Å². The van der Waals surface area contributed by atoms with Crippen molar-refractivity contribution in [3.8, 4) is 0 Å². The Hall–Kier alpha value is -5.74. The van der Waals surface area contributed by atoms with Crippen LogP contribution in [0.15, 0.2) is 200 Å². The quantitative estimate of drug-likeness (QED) is 0.160. The molecule has 3 heteroatoms. The third kappa shape index (κ3) is 5.64. The van der Waals surface area contributed by atoms with Crippen LogP contribution in [0.4, 0.5) is 17.1 Å². The van der Waals surface area contributed by atoms with E-state index < -0.39 is 11.2 Å². The number of benzene rings is 7. The second-order valence-corrected chi connectivity index (χ2v) is 11.6. The van der Waals surface area contributed by atoms with Crippen LogP contribution in [0.3, 0.4) is 0 Å². The molecule has 0 bridgehead atoms. The molecule has 0 heterocycles. The van der Waals surface area contributed by atoms with E-state index in [0.717, 1.165) is 50.4 Å². The van der Waals surface area contributed by atoms with Gasteiger partial charge in [-0.3, -0.25) is 0 Å². The maximum Gasteiger partial charge on any atom is 0.140 e. The minimum Gasteiger partial charge on any atom is -0.376 e. The molecular formula is C44H35NO2. The summed E-state index contributed by atoms with van der Waals surface area (Å²) >= 11 is 0. The highest BCUT2D eigenvalue weighted by molar-refractivity contribution is 5.77. The normalized spacial score (nSPS) is 11.6. The van der Waals surface area contributed by atoms with Crippen molar-refractivity contribution >= 4 is 17.1 Å². The van der Waals surface area contributed by atoms with Gasteiger partial charge in [0.2, 0.25) is 0 Å². The minimum atomic E-state index is -1.32. The third-order valence-corrected chi connectivity index (χ3v) is 8.87. The Kier molecular flexibility index (Phi) is 8.24. The summed E-state index contributed by atoms with van der Waals surface area (Å²) in [5.74, 6) is 0. The second kappa shape index (κ2) is 12.9. The lowest BCUT2D eigenvalue weighted by atomic mass is 9.80. The first kappa shape index (κ1) is 29.9. The SMILES string of the molecule is OC(c1ccccc1)(c1ccccc1)c1ccc(N(c2ccccc2)c2ccc(C(O)(c3ccccc3)c3ccccc3)cc2)cc1. The van der Waals surface area contributed by atoms with Crippen LogP contribution in [0.1, 0.15) is 33.4 Å². The standard InChI is InChI=1S/C44H35NO2/c46-43(34-16-6-1-7-17-34,35-18-8-2-9-19-35)38-26-30-41(31-27-38)45(40-24-14-5-15-25-40)42-32-28-39(29-33-42)44(47,36-20-10-3-11-21-36)37-22-12-4-13-23-37/h1-33,46-47H. The van der Waals surface area contributed by atoms with Crippen LogP contribution in [0.25, 0.3) is 0 Å². The van der Waals surface area contributed by atoms with Crippen molar-refractivity contribution in [2.75, 3.05) is 4.90 Å². The summed E-state index contributed by atoms with van der Waals surface area (Å²) in [6.07, 6.45) is 0. The van der Waals surface area contributed by atoms with Gasteiger partial charge >= 0.3 is 0 Å². The zero-order valence-corrected chi connectivity index (χ0v) is 25.9. The van der Waals surface area contributed by atoms with E-state index in [4.69, 9.17) is 0 Å². The Bertz CT molecular complexity index is 1800. The molecule has 3 nitrogen and oxygen atoms in total. The van der Waals surface area contributed by atoms with Gasteiger partial charge in [-0.2, -0.15) is 0 Å². The molecular weight excluding hydrogens is 574 g/mol. The largest absolute Gasteiger partial charge is 0.376 e. The Morgan fingerprint density at radius 2 is 0.468 bits per heavy atom. The highest BCUT2D eigenvalue weighted by Gasteiger charge is 2.35. The maximum atomic E-state index is 12.3. The van der Waals surface area contributed by atoms with Gasteiger partial charge in [-0.05, 0) is 69.8 Å². The predicted octanol–water partition coefficient (Wildman–Crippen LogP) is 9.72. The van der Waals surface area contributed by atoms with Crippen molar-refractivity contribution in [1.82, 2.24) is 0 Å². The van der Waals surface area contributed by atoms with Crippen LogP contribution in [-0.2, 0) is 11.2 Å². The van der Waals surface area contributed by atoms with E-state index in [1.165, 1.54) is 0 Å². The van der Waals surface area contributed by atoms with Crippen LogP contribution in [-0.4, -0.2) is 10.2 Å². The Labute approximate surface area is 276 Å². The monoisotopic (exact) mass is 609 g/mol. The number of nitrogens with zero attached hydrogens (tertiary/aromatic N) is 1. The molecule has 0 unspecified atom stereocenters. The highest BCUT2D eigenvalue weighted by Crippen LogP contribution is 2.41. The lowest BCUT2D eigenvalue weighted by Gasteiger charge is -2.32. The maximum absolute atomic E-state index is 12.3. The Balaban J connectivity index is 1.30. The van der Waals surface area contributed by atoms with Crippen molar-refractivity contribution in [1.29, 1.82) is 0 Å². The average molecular weight is 610 g/mol. The molecule has 228 valence electrons. The van der Waals surface area contributed by atoms with Gasteiger partial charge in [0.25, 0.3) is 0 Å². The van der Waals surface area contributed by atoms with E-state index in [1.54, 1.807) is 0 Å². The van der Waals surface area contributed by atoms with Crippen LogP contribution < -0.4 is 4.90 Å². The Morgan fingerprint density at radius 3 is 0.745 bits per heavy atom. The number of para-hydroxylation sites is 1. The van der Waals surface area contributed by atoms with Crippen molar-refractivity contribution in [3.05, 3.63) is 234 Å². The molecule has 0 saturated heterocycles. The number of aliphatic hydroxyl groups is 2. The lowest BCUT2D eigenvalue weighted by Crippen LogP contribution is -2.29. The summed E-state index contributed by atoms with van der Waals surface area (Å²) in [7, 11) is 0. The van der Waals surface area contributed by atoms with E-state index in [1.807, 2.05) is 164 Å². The van der Waals surface area contributed by atoms with Gasteiger partial charge in [-0.1, -0.05) is 164 Å². The molecule has 0 aromatic heterocycles. The molecule has 0 radical (unpaired) electrons. The molecule has 0 spiro atoms. The lowest BCUT2D eigenvalue weighted by molar-refractivity contribution is 0.125. The van der Waals surface area contributed by atoms with Gasteiger partial charge in [-0.15, -0.1) is 0 Å². The highest BCUT2D eigenvalue weighted by atomic mass is 16.3. The summed E-state index contributed by atoms with van der Waals surface area (Å²) in [4.78, 5) is 2.18. The van der Waals surface area contributed by atoms with Crippen molar-refractivity contribution in [2.45, 2.75) is 11.2 Å². The number of hydrogen-bond acceptors (Lipinski definition) is 3. The van der Waals surface area contributed by atoms with E-state index in [2.05, 4.69) is 41.3 Å². The van der Waals surface area contributed by atoms with Crippen LogP contribution in [0.2, 0.25) is 0 Å². The van der Waals surface area contributed by atoms with Gasteiger partial charge in [-0.25, -0.2) is 0 Å². The summed E-state index contributed by atoms with van der Waals surface area (Å²) < 4.78 is 0. The van der Waals surface area contributed by atoms with Gasteiger partial charge in [0.15, 0.2) is 0 Å². The molecule has 0 aliphatic rings. The average Bonchev–Trinajstić information content (AvgIpc) is 3.17. The second-order valence-electron chi connectivity index (χ2n) is 11.6. The fraction of sp³-hybridized carbons (Fsp3) is 0.0455. The molecule has 7 aromatic carbocycles. The summed E-state index contributed by atoms with van der Waals surface area (Å²) in [5.41, 5.74) is 5.01. The van der Waals surface area contributed by atoms with Gasteiger partial charge < -0.3 is 15.1 Å². The number of rotatable bonds is 9. The minimum absolute atomic E-state index is 0.776. The zero-order chi connectivity index (χ0) is 32.1. The molecule has 7 rings (SSSR count). The van der Waals surface area contributed by atoms with E-state index in [-0.39, 0.29) is 0 Å². The smallest absolute Gasteiger partial charge is 0.140 e. The Morgan fingerprint density at radius 1 is 0.255 bits per heavy atom. The fourth-order valence-electron chi connectivity index (χ4n) is 6.45. The van der Waals surface area contributed by atoms with Crippen molar-refractivity contribution < 1.29 is 10.2 Å². The summed E-state index contributed by atoms with van der Waals surface area (Å²) in [6, 6.07) is 65.6. The molecule has 0 atom stereocenters. The van der Waals surface area contributed by atoms with E-state index in [0.29, 0.717) is 0 Å². The van der Waals surface area contributed by atoms with E-state index >= 15 is 0 Å². The number of hydrogen-bond donors (Lipinski definition) is 2. The van der Waals surface area contributed by atoms with Crippen LogP contribution in [0.5, 0.6) is 0 Å². The third-order valence-electron chi connectivity index (χ3n) is 8.87. The summed E-state index contributed by atoms with van der Waals surface area (Å²) in [5, 5.41) is 24.7. The predicted molar refractivity (Wildman–Crippen MR) is 191 cm³/mol. The number of anilines is 3. The fourth-order valence-corrected chi connectivity index (χ4v) is 6.45. The molecule has 0 amide bonds. The zero-order valence-electron chi connectivity index (χ0n) is 25.9. The molecule has 2 N–H and O–H groups in total. The first-order valence-electron chi connectivity index (χ1n) is 15.8. The topological polar surface area (TPSA) is 43.7 Å². The summed E-state index contributed by atoms with van der Waals surface area (Å²) in [6.45, 7) is 0. The van der Waals surface area contributed by atoms with Crippen molar-refractivity contribution in [3.63, 3.8) is 0 Å². The molecule has 47 heavy (non-hydrogen) atoms. The molecule has 0 saturated carbocycles. The first-order chi connectivity index (χ1) is 23.1. The van der Waals surface area contributed by atoms with E-state index in [9.17, 15) is 10.2 Å². The van der Waals surface area contributed by atoms with Gasteiger partial charge in [0.05, 0.1) is 0 Å². The molecule has 0 aliphatic carbocycles. The first-order valence-corrected chi connectivity index (χ1v) is 15.8. The van der Waals surface area contributed by atoms with Crippen LogP contribution >= 0.6 is 0 Å². The molecule has 0 aliphatic heterocycles. The molecule has 0 fully saturated rings.